The van der Waals surface area contributed by atoms with Gasteiger partial charge < -0.3 is 5.11 Å². The van der Waals surface area contributed by atoms with Crippen molar-refractivity contribution in [1.29, 1.82) is 0 Å². The van der Waals surface area contributed by atoms with Crippen LogP contribution < -0.4 is 0 Å². The summed E-state index contributed by atoms with van der Waals surface area (Å²) in [6.45, 7) is 3.92. The van der Waals surface area contributed by atoms with Gasteiger partial charge in [-0.15, -0.1) is 6.58 Å². The van der Waals surface area contributed by atoms with Gasteiger partial charge in [0.25, 0.3) is 11.8 Å². The molecule has 4 rings (SSSR count). The third-order valence-corrected chi connectivity index (χ3v) is 5.39. The molecule has 3 aromatic rings. The molecule has 152 valence electrons. The van der Waals surface area contributed by atoms with E-state index >= 15 is 0 Å². The second-order valence-corrected chi connectivity index (χ2v) is 7.27. The first-order valence-corrected chi connectivity index (χ1v) is 10.0. The zero-order valence-electron chi connectivity index (χ0n) is 16.8. The Morgan fingerprint density at radius 3 is 1.87 bits per heavy atom. The number of fused-ring (bicyclic) bond motifs is 1. The average Bonchev–Trinajstić information content (AvgIpc) is 3.07. The van der Waals surface area contributed by atoms with Crippen molar-refractivity contribution in [3.05, 3.63) is 120 Å². The second kappa shape index (κ2) is 8.83. The molecule has 1 aliphatic heterocycles. The largest absolute Gasteiger partial charge is 0.378 e. The van der Waals surface area contributed by atoms with Crippen LogP contribution in [0.4, 0.5) is 0 Å². The van der Waals surface area contributed by atoms with Gasteiger partial charge in [0.1, 0.15) is 6.10 Å². The molecule has 4 heteroatoms. The van der Waals surface area contributed by atoms with Gasteiger partial charge in [-0.25, -0.2) is 0 Å². The molecule has 1 heterocycles. The van der Waals surface area contributed by atoms with Crippen molar-refractivity contribution < 1.29 is 14.7 Å². The Bertz CT molecular complexity index is 1140. The summed E-state index contributed by atoms with van der Waals surface area (Å²) in [4.78, 5) is 27.5. The molecule has 0 radical (unpaired) electrons. The minimum absolute atomic E-state index is 0.330. The van der Waals surface area contributed by atoms with Crippen molar-refractivity contribution in [3.63, 3.8) is 0 Å². The molecular formula is C27H21NO3. The Hall–Kier alpha value is -3.94. The highest BCUT2D eigenvalue weighted by molar-refractivity contribution is 6.21. The zero-order valence-corrected chi connectivity index (χ0v) is 16.8. The first kappa shape index (κ1) is 20.3. The van der Waals surface area contributed by atoms with Crippen molar-refractivity contribution in [1.82, 2.24) is 4.90 Å². The van der Waals surface area contributed by atoms with E-state index in [9.17, 15) is 14.7 Å². The molecule has 0 fully saturated rings. The highest BCUT2D eigenvalue weighted by atomic mass is 16.3. The van der Waals surface area contributed by atoms with Crippen LogP contribution in [0.5, 0.6) is 0 Å². The van der Waals surface area contributed by atoms with E-state index < -0.39 is 29.9 Å². The molecule has 1 aliphatic rings. The van der Waals surface area contributed by atoms with E-state index in [4.69, 9.17) is 0 Å². The van der Waals surface area contributed by atoms with Crippen molar-refractivity contribution in [2.75, 3.05) is 0 Å². The number of aliphatic hydroxyl groups is 1. The number of benzene rings is 3. The summed E-state index contributed by atoms with van der Waals surface area (Å²) in [5.74, 6) is 4.42. The lowest BCUT2D eigenvalue weighted by atomic mass is 9.87. The van der Waals surface area contributed by atoms with Crippen LogP contribution in [0.25, 0.3) is 0 Å². The molecule has 4 nitrogen and oxygen atoms in total. The standard InChI is InChI=1S/C27H21NO3/c1-2-21(20-13-7-4-8-14-20)25(24(29)18-17-19-11-5-3-6-12-19)28-26(30)22-15-9-10-16-23(22)27(28)31/h2-16,21,24-25,29H,1H2/t21-,24-,25-/m1/s1. The number of hydrogen-bond acceptors (Lipinski definition) is 3. The van der Waals surface area contributed by atoms with E-state index in [1.165, 1.54) is 0 Å². The van der Waals surface area contributed by atoms with Crippen molar-refractivity contribution in [3.8, 4) is 11.8 Å². The Kier molecular flexibility index (Phi) is 5.79. The summed E-state index contributed by atoms with van der Waals surface area (Å²) < 4.78 is 0. The molecule has 2 amide bonds. The molecular weight excluding hydrogens is 386 g/mol. The van der Waals surface area contributed by atoms with Gasteiger partial charge in [-0.1, -0.05) is 78.6 Å². The predicted molar refractivity (Wildman–Crippen MR) is 119 cm³/mol. The van der Waals surface area contributed by atoms with Gasteiger partial charge in [0.2, 0.25) is 0 Å². The zero-order chi connectivity index (χ0) is 21.8. The van der Waals surface area contributed by atoms with Crippen molar-refractivity contribution in [2.45, 2.75) is 18.1 Å². The summed E-state index contributed by atoms with van der Waals surface area (Å²) in [6, 6.07) is 24.4. The van der Waals surface area contributed by atoms with Crippen LogP contribution in [0.2, 0.25) is 0 Å². The van der Waals surface area contributed by atoms with Gasteiger partial charge in [0.05, 0.1) is 17.2 Å². The highest BCUT2D eigenvalue weighted by Gasteiger charge is 2.45. The van der Waals surface area contributed by atoms with Crippen LogP contribution in [-0.4, -0.2) is 34.0 Å². The van der Waals surface area contributed by atoms with E-state index in [0.29, 0.717) is 11.1 Å². The molecule has 3 aromatic carbocycles. The molecule has 0 aromatic heterocycles. The van der Waals surface area contributed by atoms with E-state index in [2.05, 4.69) is 18.4 Å². The normalized spacial score (nSPS) is 15.5. The van der Waals surface area contributed by atoms with E-state index in [-0.39, 0.29) is 0 Å². The number of rotatable bonds is 5. The van der Waals surface area contributed by atoms with Crippen LogP contribution >= 0.6 is 0 Å². The highest BCUT2D eigenvalue weighted by Crippen LogP contribution is 2.33. The molecule has 0 saturated carbocycles. The molecule has 0 unspecified atom stereocenters. The molecule has 3 atom stereocenters. The smallest absolute Gasteiger partial charge is 0.261 e. The SMILES string of the molecule is C=C[C@H](c1ccccc1)[C@H]([C@H](O)C#Cc1ccccc1)N1C(=O)c2ccccc2C1=O. The van der Waals surface area contributed by atoms with Gasteiger partial charge in [-0.05, 0) is 29.8 Å². The molecule has 1 N–H and O–H groups in total. The fourth-order valence-corrected chi connectivity index (χ4v) is 3.89. The average molecular weight is 407 g/mol. The molecule has 0 saturated heterocycles. The monoisotopic (exact) mass is 407 g/mol. The number of amides is 2. The number of aliphatic hydroxyl groups excluding tert-OH is 1. The fourth-order valence-electron chi connectivity index (χ4n) is 3.89. The topological polar surface area (TPSA) is 57.6 Å². The Labute approximate surface area is 181 Å². The maximum Gasteiger partial charge on any atom is 0.261 e. The molecule has 0 aliphatic carbocycles. The minimum atomic E-state index is -1.27. The minimum Gasteiger partial charge on any atom is -0.378 e. The van der Waals surface area contributed by atoms with E-state index in [0.717, 1.165) is 16.0 Å². The molecule has 0 spiro atoms. The Morgan fingerprint density at radius 2 is 1.32 bits per heavy atom. The number of carbonyl (C=O) groups excluding carboxylic acids is 2. The third-order valence-electron chi connectivity index (χ3n) is 5.39. The number of imide groups is 1. The van der Waals surface area contributed by atoms with Crippen LogP contribution in [0.3, 0.4) is 0 Å². The first-order chi connectivity index (χ1) is 15.1. The van der Waals surface area contributed by atoms with Crippen LogP contribution in [0.1, 0.15) is 37.8 Å². The number of hydrogen-bond donors (Lipinski definition) is 1. The Morgan fingerprint density at radius 1 is 0.806 bits per heavy atom. The maximum atomic E-state index is 13.2. The van der Waals surface area contributed by atoms with Crippen LogP contribution in [0.15, 0.2) is 97.6 Å². The van der Waals surface area contributed by atoms with E-state index in [1.807, 2.05) is 60.7 Å². The second-order valence-electron chi connectivity index (χ2n) is 7.27. The summed E-state index contributed by atoms with van der Waals surface area (Å²) in [6.07, 6.45) is 0.377. The van der Waals surface area contributed by atoms with Crippen molar-refractivity contribution in [2.24, 2.45) is 0 Å². The van der Waals surface area contributed by atoms with Gasteiger partial charge in [0.15, 0.2) is 0 Å². The molecule has 0 bridgehead atoms. The lowest BCUT2D eigenvalue weighted by molar-refractivity contribution is 0.0419. The maximum absolute atomic E-state index is 13.2. The van der Waals surface area contributed by atoms with Crippen molar-refractivity contribution >= 4 is 11.8 Å². The number of carbonyl (C=O) groups is 2. The van der Waals surface area contributed by atoms with Gasteiger partial charge in [0, 0.05) is 11.5 Å². The van der Waals surface area contributed by atoms with Crippen LogP contribution in [-0.2, 0) is 0 Å². The van der Waals surface area contributed by atoms with E-state index in [1.54, 1.807) is 30.3 Å². The summed E-state index contributed by atoms with van der Waals surface area (Å²) in [5.41, 5.74) is 2.23. The fraction of sp³-hybridized carbons (Fsp3) is 0.111. The summed E-state index contributed by atoms with van der Waals surface area (Å²) in [5, 5.41) is 11.1. The lowest BCUT2D eigenvalue weighted by Crippen LogP contribution is -2.49. The third kappa shape index (κ3) is 3.92. The van der Waals surface area contributed by atoms with Crippen LogP contribution in [0, 0.1) is 11.8 Å². The van der Waals surface area contributed by atoms with Gasteiger partial charge in [-0.3, -0.25) is 14.5 Å². The predicted octanol–water partition coefficient (Wildman–Crippen LogP) is 4.03. The Balaban J connectivity index is 1.78. The number of nitrogens with zero attached hydrogens (tertiary/aromatic N) is 1. The summed E-state index contributed by atoms with van der Waals surface area (Å²) >= 11 is 0. The van der Waals surface area contributed by atoms with Gasteiger partial charge in [-0.2, -0.15) is 0 Å². The first-order valence-electron chi connectivity index (χ1n) is 10.0. The lowest BCUT2D eigenvalue weighted by Gasteiger charge is -2.33. The quantitative estimate of drug-likeness (QED) is 0.395. The van der Waals surface area contributed by atoms with Gasteiger partial charge >= 0.3 is 0 Å². The summed E-state index contributed by atoms with van der Waals surface area (Å²) in [7, 11) is 0. The molecule has 31 heavy (non-hydrogen) atoms.